The van der Waals surface area contributed by atoms with Crippen LogP contribution < -0.4 is 15.8 Å². The molecular weight excluding hydrogens is 344 g/mol. The zero-order valence-corrected chi connectivity index (χ0v) is 16.3. The van der Waals surface area contributed by atoms with Gasteiger partial charge in [0.25, 0.3) is 0 Å². The maximum atomic E-state index is 12.5. The van der Waals surface area contributed by atoms with E-state index in [0.717, 1.165) is 30.8 Å². The Balaban J connectivity index is 1.54. The van der Waals surface area contributed by atoms with Crippen molar-refractivity contribution in [1.29, 1.82) is 0 Å². The van der Waals surface area contributed by atoms with Crippen LogP contribution in [0.2, 0.25) is 0 Å². The van der Waals surface area contributed by atoms with Crippen molar-refractivity contribution in [1.82, 2.24) is 5.32 Å². The van der Waals surface area contributed by atoms with Crippen molar-refractivity contribution in [2.75, 3.05) is 13.2 Å². The Morgan fingerprint density at radius 1 is 1.35 bits per heavy atom. The van der Waals surface area contributed by atoms with E-state index in [9.17, 15) is 4.79 Å². The van der Waals surface area contributed by atoms with Crippen molar-refractivity contribution in [3.63, 3.8) is 0 Å². The molecule has 3 rings (SSSR count). The van der Waals surface area contributed by atoms with Gasteiger partial charge < -0.3 is 15.8 Å². The molecule has 1 heterocycles. The van der Waals surface area contributed by atoms with Crippen LogP contribution in [-0.4, -0.2) is 19.1 Å². The lowest BCUT2D eigenvalue weighted by Crippen LogP contribution is -2.34. The van der Waals surface area contributed by atoms with Gasteiger partial charge in [0.05, 0.1) is 12.6 Å². The number of amides is 1. The van der Waals surface area contributed by atoms with Gasteiger partial charge in [0.2, 0.25) is 5.91 Å². The third-order valence-corrected chi connectivity index (χ3v) is 6.11. The Bertz CT molecular complexity index is 699. The number of carbonyl (C=O) groups excluding carboxylic acids is 1. The second-order valence-corrected chi connectivity index (χ2v) is 8.13. The fourth-order valence-electron chi connectivity index (χ4n) is 3.01. The van der Waals surface area contributed by atoms with Crippen molar-refractivity contribution in [3.8, 4) is 5.75 Å². The number of carbonyl (C=O) groups is 1. The van der Waals surface area contributed by atoms with Gasteiger partial charge in [0.1, 0.15) is 5.75 Å². The summed E-state index contributed by atoms with van der Waals surface area (Å²) in [5.74, 6) is 1.97. The number of hydrogen-bond donors (Lipinski definition) is 2. The van der Waals surface area contributed by atoms with E-state index in [-0.39, 0.29) is 17.9 Å². The molecule has 1 saturated carbocycles. The van der Waals surface area contributed by atoms with Crippen molar-refractivity contribution in [2.24, 2.45) is 17.6 Å². The first-order valence-electron chi connectivity index (χ1n) is 9.39. The average molecular weight is 373 g/mol. The molecule has 0 spiro atoms. The van der Waals surface area contributed by atoms with E-state index in [1.54, 1.807) is 11.3 Å². The molecule has 1 aliphatic rings. The molecule has 1 fully saturated rings. The van der Waals surface area contributed by atoms with Crippen LogP contribution in [0.15, 0.2) is 41.8 Å². The fourth-order valence-corrected chi connectivity index (χ4v) is 3.92. The average Bonchev–Trinajstić information content (AvgIpc) is 3.29. The third-order valence-electron chi connectivity index (χ3n) is 5.10. The molecule has 1 aromatic heterocycles. The van der Waals surface area contributed by atoms with Crippen LogP contribution in [0.1, 0.15) is 49.1 Å². The molecule has 4 nitrogen and oxygen atoms in total. The number of nitrogens with one attached hydrogen (secondary N) is 1. The standard InChI is InChI=1S/C21H28N2O2S/c1-3-14(2)13-25-16-8-6-15(7-9-16)19(12-22)23-21(24)18-11-17(18)20-5-4-10-26-20/h4-10,14,17-19H,3,11-13,22H2,1-2H3,(H,23,24)/t14?,17?,18-,19-/m0/s1. The maximum Gasteiger partial charge on any atom is 0.224 e. The highest BCUT2D eigenvalue weighted by molar-refractivity contribution is 7.10. The van der Waals surface area contributed by atoms with Crippen LogP contribution in [0, 0.1) is 11.8 Å². The molecule has 2 unspecified atom stereocenters. The monoisotopic (exact) mass is 372 g/mol. The number of ether oxygens (including phenoxy) is 1. The molecule has 5 heteroatoms. The minimum absolute atomic E-state index is 0.0841. The first-order valence-corrected chi connectivity index (χ1v) is 10.3. The summed E-state index contributed by atoms with van der Waals surface area (Å²) in [6, 6.07) is 11.9. The van der Waals surface area contributed by atoms with E-state index in [0.29, 0.717) is 18.4 Å². The number of hydrogen-bond acceptors (Lipinski definition) is 4. The van der Waals surface area contributed by atoms with Crippen LogP contribution in [0.4, 0.5) is 0 Å². The van der Waals surface area contributed by atoms with E-state index in [2.05, 4.69) is 30.6 Å². The van der Waals surface area contributed by atoms with Crippen molar-refractivity contribution < 1.29 is 9.53 Å². The molecule has 3 N–H and O–H groups in total. The summed E-state index contributed by atoms with van der Waals surface area (Å²) >= 11 is 1.73. The molecule has 2 aromatic rings. The number of thiophene rings is 1. The van der Waals surface area contributed by atoms with Gasteiger partial charge in [-0.05, 0) is 41.5 Å². The fraction of sp³-hybridized carbons (Fsp3) is 0.476. The Hall–Kier alpha value is -1.85. The normalized spacial score (nSPS) is 21.0. The topological polar surface area (TPSA) is 64.3 Å². The lowest BCUT2D eigenvalue weighted by Gasteiger charge is -2.18. The summed E-state index contributed by atoms with van der Waals surface area (Å²) in [5, 5.41) is 5.18. The first-order chi connectivity index (χ1) is 12.6. The number of nitrogens with two attached hydrogens (primary N) is 1. The van der Waals surface area contributed by atoms with E-state index in [1.807, 2.05) is 30.3 Å². The van der Waals surface area contributed by atoms with Crippen LogP contribution in [0.25, 0.3) is 0 Å². The zero-order valence-electron chi connectivity index (χ0n) is 15.5. The largest absolute Gasteiger partial charge is 0.493 e. The minimum atomic E-state index is -0.157. The number of benzene rings is 1. The van der Waals surface area contributed by atoms with Crippen LogP contribution in [0.5, 0.6) is 5.75 Å². The molecule has 1 aromatic carbocycles. The van der Waals surface area contributed by atoms with Gasteiger partial charge in [0, 0.05) is 23.3 Å². The zero-order chi connectivity index (χ0) is 18.5. The van der Waals surface area contributed by atoms with E-state index in [1.165, 1.54) is 4.88 Å². The molecule has 4 atom stereocenters. The summed E-state index contributed by atoms with van der Waals surface area (Å²) < 4.78 is 5.79. The molecule has 0 bridgehead atoms. The molecule has 140 valence electrons. The first kappa shape index (κ1) is 18.9. The highest BCUT2D eigenvalue weighted by Gasteiger charge is 2.44. The van der Waals surface area contributed by atoms with Gasteiger partial charge >= 0.3 is 0 Å². The van der Waals surface area contributed by atoms with Crippen LogP contribution in [0.3, 0.4) is 0 Å². The second-order valence-electron chi connectivity index (χ2n) is 7.15. The quantitative estimate of drug-likeness (QED) is 0.697. The van der Waals surface area contributed by atoms with E-state index >= 15 is 0 Å². The van der Waals surface area contributed by atoms with E-state index in [4.69, 9.17) is 10.5 Å². The number of rotatable bonds is 9. The lowest BCUT2D eigenvalue weighted by molar-refractivity contribution is -0.123. The maximum absolute atomic E-state index is 12.5. The second kappa shape index (κ2) is 8.69. The molecule has 1 aliphatic carbocycles. The van der Waals surface area contributed by atoms with Crippen LogP contribution in [-0.2, 0) is 4.79 Å². The highest BCUT2D eigenvalue weighted by atomic mass is 32.1. The Kier molecular flexibility index (Phi) is 6.33. The van der Waals surface area contributed by atoms with Gasteiger partial charge in [-0.3, -0.25) is 4.79 Å². The molecule has 1 amide bonds. The van der Waals surface area contributed by atoms with Crippen LogP contribution >= 0.6 is 11.3 Å². The summed E-state index contributed by atoms with van der Waals surface area (Å²) in [7, 11) is 0. The SMILES string of the molecule is CCC(C)COc1ccc([C@H](CN)NC(=O)[C@H]2CC2c2cccs2)cc1. The van der Waals surface area contributed by atoms with Crippen molar-refractivity contribution in [2.45, 2.75) is 38.6 Å². The lowest BCUT2D eigenvalue weighted by atomic mass is 10.1. The van der Waals surface area contributed by atoms with Crippen molar-refractivity contribution in [3.05, 3.63) is 52.2 Å². The van der Waals surface area contributed by atoms with Gasteiger partial charge in [-0.15, -0.1) is 11.3 Å². The third kappa shape index (κ3) is 4.65. The Morgan fingerprint density at radius 2 is 2.12 bits per heavy atom. The van der Waals surface area contributed by atoms with Gasteiger partial charge in [-0.1, -0.05) is 38.5 Å². The van der Waals surface area contributed by atoms with E-state index < -0.39 is 0 Å². The predicted octanol–water partition coefficient (Wildman–Crippen LogP) is 4.09. The van der Waals surface area contributed by atoms with Gasteiger partial charge in [-0.2, -0.15) is 0 Å². The highest BCUT2D eigenvalue weighted by Crippen LogP contribution is 2.49. The predicted molar refractivity (Wildman–Crippen MR) is 106 cm³/mol. The minimum Gasteiger partial charge on any atom is -0.493 e. The Labute approximate surface area is 159 Å². The van der Waals surface area contributed by atoms with Crippen molar-refractivity contribution >= 4 is 17.2 Å². The summed E-state index contributed by atoms with van der Waals surface area (Å²) in [6.45, 7) is 5.44. The molecular formula is C21H28N2O2S. The molecule has 0 saturated heterocycles. The van der Waals surface area contributed by atoms with Gasteiger partial charge in [0.15, 0.2) is 0 Å². The summed E-state index contributed by atoms with van der Waals surface area (Å²) in [4.78, 5) is 13.8. The summed E-state index contributed by atoms with van der Waals surface area (Å²) in [5.41, 5.74) is 6.93. The molecule has 0 radical (unpaired) electrons. The molecule has 26 heavy (non-hydrogen) atoms. The Morgan fingerprint density at radius 3 is 2.73 bits per heavy atom. The van der Waals surface area contributed by atoms with Gasteiger partial charge in [-0.25, -0.2) is 0 Å². The summed E-state index contributed by atoms with van der Waals surface area (Å²) in [6.07, 6.45) is 2.04. The molecule has 0 aliphatic heterocycles. The smallest absolute Gasteiger partial charge is 0.224 e.